The van der Waals surface area contributed by atoms with E-state index >= 15 is 0 Å². The van der Waals surface area contributed by atoms with Crippen molar-refractivity contribution < 1.29 is 18.3 Å². The summed E-state index contributed by atoms with van der Waals surface area (Å²) in [6, 6.07) is 15.8. The fourth-order valence-electron chi connectivity index (χ4n) is 3.97. The molecule has 0 unspecified atom stereocenters. The monoisotopic (exact) mass is 538 g/mol. The lowest BCUT2D eigenvalue weighted by Gasteiger charge is -2.36. The van der Waals surface area contributed by atoms with Gasteiger partial charge in [0.05, 0.1) is 22.8 Å². The van der Waals surface area contributed by atoms with Gasteiger partial charge in [0.25, 0.3) is 5.91 Å². The van der Waals surface area contributed by atoms with Crippen LogP contribution in [0.15, 0.2) is 60.7 Å². The summed E-state index contributed by atoms with van der Waals surface area (Å²) in [6.07, 6.45) is -0.441. The van der Waals surface area contributed by atoms with Crippen molar-refractivity contribution in [2.45, 2.75) is 12.7 Å². The number of nitrogens with zero attached hydrogens (tertiary/aromatic N) is 2. The molecule has 1 aliphatic rings. The highest BCUT2D eigenvalue weighted by Gasteiger charge is 2.25. The van der Waals surface area contributed by atoms with Crippen molar-refractivity contribution >= 4 is 40.7 Å². The van der Waals surface area contributed by atoms with E-state index in [4.69, 9.17) is 39.5 Å². The molecule has 0 aliphatic carbocycles. The highest BCUT2D eigenvalue weighted by Crippen LogP contribution is 2.26. The van der Waals surface area contributed by atoms with Crippen molar-refractivity contribution in [3.8, 4) is 0 Å². The molecule has 0 aromatic heterocycles. The van der Waals surface area contributed by atoms with Gasteiger partial charge in [-0.3, -0.25) is 9.69 Å². The minimum atomic E-state index is -0.644. The molecule has 0 bridgehead atoms. The summed E-state index contributed by atoms with van der Waals surface area (Å²) in [5.74, 6) is -1.40. The van der Waals surface area contributed by atoms with E-state index in [2.05, 4.69) is 4.90 Å². The van der Waals surface area contributed by atoms with Gasteiger partial charge in [-0.15, -0.1) is 0 Å². The molecule has 35 heavy (non-hydrogen) atoms. The van der Waals surface area contributed by atoms with Gasteiger partial charge in [-0.2, -0.15) is 0 Å². The van der Waals surface area contributed by atoms with E-state index in [9.17, 15) is 13.6 Å². The van der Waals surface area contributed by atoms with Crippen LogP contribution in [-0.2, 0) is 11.3 Å². The number of hydrogen-bond acceptors (Lipinski definition) is 3. The summed E-state index contributed by atoms with van der Waals surface area (Å²) in [7, 11) is 0. The Kier molecular flexibility index (Phi) is 8.63. The maximum atomic E-state index is 14.1. The molecule has 3 aromatic carbocycles. The van der Waals surface area contributed by atoms with Gasteiger partial charge in [0.15, 0.2) is 0 Å². The van der Waals surface area contributed by atoms with Crippen LogP contribution in [0.25, 0.3) is 0 Å². The summed E-state index contributed by atoms with van der Waals surface area (Å²) in [6.45, 7) is 2.57. The molecule has 0 N–H and O–H groups in total. The lowest BCUT2D eigenvalue weighted by atomic mass is 10.1. The van der Waals surface area contributed by atoms with Gasteiger partial charge in [-0.25, -0.2) is 8.78 Å². The van der Waals surface area contributed by atoms with Crippen LogP contribution in [0.3, 0.4) is 0 Å². The Balaban J connectivity index is 1.41. The van der Waals surface area contributed by atoms with Crippen molar-refractivity contribution in [1.29, 1.82) is 0 Å². The van der Waals surface area contributed by atoms with Gasteiger partial charge < -0.3 is 9.64 Å². The lowest BCUT2D eigenvalue weighted by molar-refractivity contribution is 0.00145. The topological polar surface area (TPSA) is 32.8 Å². The van der Waals surface area contributed by atoms with Crippen LogP contribution in [-0.4, -0.2) is 48.4 Å². The van der Waals surface area contributed by atoms with Crippen LogP contribution >= 0.6 is 34.8 Å². The second-order valence-electron chi connectivity index (χ2n) is 8.27. The second-order valence-corrected chi connectivity index (χ2v) is 9.52. The summed E-state index contributed by atoms with van der Waals surface area (Å²) < 4.78 is 34.3. The van der Waals surface area contributed by atoms with E-state index in [-0.39, 0.29) is 18.1 Å². The lowest BCUT2D eigenvalue weighted by Crippen LogP contribution is -2.49. The van der Waals surface area contributed by atoms with Crippen LogP contribution in [0.2, 0.25) is 15.1 Å². The molecule has 1 amide bonds. The van der Waals surface area contributed by atoms with Crippen LogP contribution in [0.1, 0.15) is 27.6 Å². The Labute approximate surface area is 217 Å². The third kappa shape index (κ3) is 6.51. The first-order valence-corrected chi connectivity index (χ1v) is 12.2. The number of amides is 1. The fourth-order valence-corrected chi connectivity index (χ4v) is 4.39. The van der Waals surface area contributed by atoms with E-state index in [1.807, 2.05) is 12.1 Å². The molecule has 4 nitrogen and oxygen atoms in total. The molecule has 0 radical (unpaired) electrons. The van der Waals surface area contributed by atoms with Crippen molar-refractivity contribution in [3.05, 3.63) is 104 Å². The molecule has 1 saturated heterocycles. The number of piperazine rings is 1. The third-order valence-corrected chi connectivity index (χ3v) is 6.97. The smallest absolute Gasteiger partial charge is 0.253 e. The standard InChI is InChI=1S/C26H23Cl3F2N2O2/c27-19-7-4-17(5-8-19)25(35-16-20-23(30)2-1-3-24(20)31)15-32-10-12-33(13-11-32)26(34)18-6-9-21(28)22(29)14-18/h1-9,14,25H,10-13,15-16H2/t25-/m0/s1. The fraction of sp³-hybridized carbons (Fsp3) is 0.269. The third-order valence-electron chi connectivity index (χ3n) is 5.98. The first-order chi connectivity index (χ1) is 16.8. The molecule has 9 heteroatoms. The minimum Gasteiger partial charge on any atom is -0.367 e. The van der Waals surface area contributed by atoms with Crippen LogP contribution in [0, 0.1) is 11.6 Å². The van der Waals surface area contributed by atoms with E-state index in [1.54, 1.807) is 35.2 Å². The minimum absolute atomic E-state index is 0.108. The molecule has 3 aromatic rings. The Hall–Kier alpha value is -2.22. The Morgan fingerprint density at radius 1 is 0.886 bits per heavy atom. The van der Waals surface area contributed by atoms with Crippen molar-refractivity contribution in [1.82, 2.24) is 9.80 Å². The maximum absolute atomic E-state index is 14.1. The highest BCUT2D eigenvalue weighted by molar-refractivity contribution is 6.42. The molecule has 1 heterocycles. The average Bonchev–Trinajstić information content (AvgIpc) is 2.85. The number of halogens is 5. The zero-order valence-corrected chi connectivity index (χ0v) is 21.0. The van der Waals surface area contributed by atoms with Crippen molar-refractivity contribution in [2.24, 2.45) is 0 Å². The largest absolute Gasteiger partial charge is 0.367 e. The first kappa shape index (κ1) is 25.9. The molecule has 0 spiro atoms. The molecule has 184 valence electrons. The zero-order chi connectivity index (χ0) is 24.9. The number of rotatable bonds is 7. The second kappa shape index (κ2) is 11.7. The van der Waals surface area contributed by atoms with Crippen molar-refractivity contribution in [3.63, 3.8) is 0 Å². The average molecular weight is 540 g/mol. The van der Waals surface area contributed by atoms with Crippen LogP contribution in [0.5, 0.6) is 0 Å². The quantitative estimate of drug-likeness (QED) is 0.337. The molecule has 1 atom stereocenters. The van der Waals surface area contributed by atoms with Crippen LogP contribution in [0.4, 0.5) is 8.78 Å². The number of carbonyl (C=O) groups is 1. The molecular weight excluding hydrogens is 517 g/mol. The summed E-state index contributed by atoms with van der Waals surface area (Å²) in [4.78, 5) is 16.8. The SMILES string of the molecule is O=C(c1ccc(Cl)c(Cl)c1)N1CCN(C[C@H](OCc2c(F)cccc2F)c2ccc(Cl)cc2)CC1. The Morgan fingerprint density at radius 3 is 2.17 bits per heavy atom. The zero-order valence-electron chi connectivity index (χ0n) is 18.7. The molecule has 0 saturated carbocycles. The van der Waals surface area contributed by atoms with Gasteiger partial charge >= 0.3 is 0 Å². The van der Waals surface area contributed by atoms with Gasteiger partial charge in [0.1, 0.15) is 11.6 Å². The summed E-state index contributed by atoms with van der Waals surface area (Å²) in [5.41, 5.74) is 1.23. The highest BCUT2D eigenvalue weighted by atomic mass is 35.5. The number of carbonyl (C=O) groups excluding carboxylic acids is 1. The maximum Gasteiger partial charge on any atom is 0.253 e. The Bertz CT molecular complexity index is 1170. The van der Waals surface area contributed by atoms with E-state index in [0.717, 1.165) is 5.56 Å². The van der Waals surface area contributed by atoms with Gasteiger partial charge in [-0.05, 0) is 48.0 Å². The molecule has 1 fully saturated rings. The summed E-state index contributed by atoms with van der Waals surface area (Å²) in [5, 5.41) is 1.32. The van der Waals surface area contributed by atoms with Crippen LogP contribution < -0.4 is 0 Å². The van der Waals surface area contributed by atoms with Gasteiger partial charge in [0, 0.05) is 48.9 Å². The molecule has 1 aliphatic heterocycles. The molecule has 4 rings (SSSR count). The molecular formula is C26H23Cl3F2N2O2. The van der Waals surface area contributed by atoms with E-state index in [0.29, 0.717) is 53.4 Å². The van der Waals surface area contributed by atoms with E-state index < -0.39 is 17.7 Å². The number of ether oxygens (including phenoxy) is 1. The normalized spacial score (nSPS) is 15.3. The predicted molar refractivity (Wildman–Crippen MR) is 134 cm³/mol. The van der Waals surface area contributed by atoms with E-state index in [1.165, 1.54) is 18.2 Å². The van der Waals surface area contributed by atoms with Crippen molar-refractivity contribution in [2.75, 3.05) is 32.7 Å². The van der Waals surface area contributed by atoms with Gasteiger partial charge in [0.2, 0.25) is 0 Å². The first-order valence-electron chi connectivity index (χ1n) is 11.1. The predicted octanol–water partition coefficient (Wildman–Crippen LogP) is 6.64. The number of benzene rings is 3. The van der Waals surface area contributed by atoms with Gasteiger partial charge in [-0.1, -0.05) is 53.0 Å². The summed E-state index contributed by atoms with van der Waals surface area (Å²) >= 11 is 18.0. The number of hydrogen-bond donors (Lipinski definition) is 0. The Morgan fingerprint density at radius 2 is 1.54 bits per heavy atom.